The molecule has 0 spiro atoms. The van der Waals surface area contributed by atoms with Crippen molar-refractivity contribution in [3.8, 4) is 0 Å². The summed E-state index contributed by atoms with van der Waals surface area (Å²) < 4.78 is 27.6. The summed E-state index contributed by atoms with van der Waals surface area (Å²) in [7, 11) is -3.78. The van der Waals surface area contributed by atoms with Gasteiger partial charge in [0, 0.05) is 15.2 Å². The summed E-state index contributed by atoms with van der Waals surface area (Å²) in [6.45, 7) is 1.47. The van der Waals surface area contributed by atoms with Gasteiger partial charge in [-0.15, -0.1) is 0 Å². The molecule has 0 bridgehead atoms. The molecule has 0 aliphatic carbocycles. The lowest BCUT2D eigenvalue weighted by atomic mass is 10.3. The van der Waals surface area contributed by atoms with Gasteiger partial charge in [0.1, 0.15) is 0 Å². The van der Waals surface area contributed by atoms with Crippen molar-refractivity contribution >= 4 is 49.1 Å². The largest absolute Gasteiger partial charge is 0.325 e. The average Bonchev–Trinajstić information content (AvgIpc) is 2.47. The van der Waals surface area contributed by atoms with Gasteiger partial charge in [-0.1, -0.05) is 33.6 Å². The molecule has 23 heavy (non-hydrogen) atoms. The number of nitrogens with one attached hydrogen (secondary N) is 2. The van der Waals surface area contributed by atoms with Crippen LogP contribution in [0, 0.1) is 0 Å². The molecule has 1 amide bonds. The molecule has 0 aromatic heterocycles. The van der Waals surface area contributed by atoms with Crippen LogP contribution < -0.4 is 10.0 Å². The molecule has 0 saturated heterocycles. The van der Waals surface area contributed by atoms with Crippen LogP contribution in [-0.2, 0) is 14.8 Å². The van der Waals surface area contributed by atoms with Gasteiger partial charge in [-0.05, 0) is 49.4 Å². The molecule has 0 heterocycles. The average molecular weight is 418 g/mol. The van der Waals surface area contributed by atoms with E-state index in [0.29, 0.717) is 10.7 Å². The smallest absolute Gasteiger partial charge is 0.242 e. The third kappa shape index (κ3) is 5.04. The number of hydrogen-bond acceptors (Lipinski definition) is 3. The van der Waals surface area contributed by atoms with Crippen LogP contribution in [0.15, 0.2) is 57.9 Å². The van der Waals surface area contributed by atoms with E-state index in [1.165, 1.54) is 19.1 Å². The molecule has 2 aromatic carbocycles. The van der Waals surface area contributed by atoms with Crippen molar-refractivity contribution in [3.05, 3.63) is 58.0 Å². The lowest BCUT2D eigenvalue weighted by Crippen LogP contribution is -2.41. The zero-order chi connectivity index (χ0) is 17.0. The van der Waals surface area contributed by atoms with E-state index in [4.69, 9.17) is 11.6 Å². The van der Waals surface area contributed by atoms with Gasteiger partial charge in [0.2, 0.25) is 15.9 Å². The van der Waals surface area contributed by atoms with Crippen molar-refractivity contribution in [2.75, 3.05) is 5.32 Å². The maximum absolute atomic E-state index is 12.2. The van der Waals surface area contributed by atoms with Gasteiger partial charge in [-0.3, -0.25) is 4.79 Å². The summed E-state index contributed by atoms with van der Waals surface area (Å²) in [4.78, 5) is 12.2. The summed E-state index contributed by atoms with van der Waals surface area (Å²) in [5.41, 5.74) is 0.497. The lowest BCUT2D eigenvalue weighted by molar-refractivity contribution is -0.117. The van der Waals surface area contributed by atoms with Crippen LogP contribution in [0.3, 0.4) is 0 Å². The number of hydrogen-bond donors (Lipinski definition) is 2. The minimum atomic E-state index is -3.78. The normalized spacial score (nSPS) is 12.7. The first kappa shape index (κ1) is 17.9. The second-order valence-corrected chi connectivity index (χ2v) is 7.86. The molecule has 2 rings (SSSR count). The number of carbonyl (C=O) groups is 1. The van der Waals surface area contributed by atoms with E-state index in [2.05, 4.69) is 26.0 Å². The molecule has 8 heteroatoms. The Hall–Kier alpha value is -1.41. The van der Waals surface area contributed by atoms with Crippen LogP contribution in [0.1, 0.15) is 6.92 Å². The number of rotatable bonds is 5. The zero-order valence-electron chi connectivity index (χ0n) is 12.1. The highest BCUT2D eigenvalue weighted by molar-refractivity contribution is 9.10. The topological polar surface area (TPSA) is 75.3 Å². The van der Waals surface area contributed by atoms with E-state index in [1.54, 1.807) is 36.4 Å². The third-order valence-electron chi connectivity index (χ3n) is 2.94. The quantitative estimate of drug-likeness (QED) is 0.783. The SMILES string of the molecule is C[C@H](NS(=O)(=O)c1ccc(Br)cc1)C(=O)Nc1cccc(Cl)c1. The van der Waals surface area contributed by atoms with Crippen LogP contribution in [0.2, 0.25) is 5.02 Å². The second-order valence-electron chi connectivity index (χ2n) is 4.80. The highest BCUT2D eigenvalue weighted by Gasteiger charge is 2.22. The standard InChI is InChI=1S/C15H14BrClN2O3S/c1-10(15(20)18-13-4-2-3-12(17)9-13)19-23(21,22)14-7-5-11(16)6-8-14/h2-10,19H,1H3,(H,18,20)/t10-/m0/s1. The zero-order valence-corrected chi connectivity index (χ0v) is 15.2. The third-order valence-corrected chi connectivity index (χ3v) is 5.26. The Kier molecular flexibility index (Phi) is 5.80. The maximum Gasteiger partial charge on any atom is 0.242 e. The van der Waals surface area contributed by atoms with Crippen LogP contribution in [-0.4, -0.2) is 20.4 Å². The van der Waals surface area contributed by atoms with Crippen molar-refractivity contribution in [3.63, 3.8) is 0 Å². The van der Waals surface area contributed by atoms with Crippen LogP contribution in [0.5, 0.6) is 0 Å². The van der Waals surface area contributed by atoms with Crippen LogP contribution >= 0.6 is 27.5 Å². The number of sulfonamides is 1. The van der Waals surface area contributed by atoms with E-state index in [-0.39, 0.29) is 4.90 Å². The van der Waals surface area contributed by atoms with Crippen molar-refractivity contribution in [2.45, 2.75) is 17.9 Å². The molecule has 0 aliphatic rings. The molecule has 5 nitrogen and oxygen atoms in total. The van der Waals surface area contributed by atoms with E-state index in [1.807, 2.05) is 0 Å². The predicted octanol–water partition coefficient (Wildman–Crippen LogP) is 3.41. The number of carbonyl (C=O) groups excluding carboxylic acids is 1. The molecule has 2 aromatic rings. The van der Waals surface area contributed by atoms with Crippen LogP contribution in [0.4, 0.5) is 5.69 Å². The highest BCUT2D eigenvalue weighted by Crippen LogP contribution is 2.16. The fraction of sp³-hybridized carbons (Fsp3) is 0.133. The molecule has 0 aliphatic heterocycles. The molecule has 0 saturated carbocycles. The summed E-state index contributed by atoms with van der Waals surface area (Å²) in [6.07, 6.45) is 0. The summed E-state index contributed by atoms with van der Waals surface area (Å²) >= 11 is 9.08. The van der Waals surface area contributed by atoms with E-state index in [9.17, 15) is 13.2 Å². The molecule has 0 fully saturated rings. The molecule has 0 radical (unpaired) electrons. The maximum atomic E-state index is 12.2. The number of benzene rings is 2. The second kappa shape index (κ2) is 7.44. The molecule has 1 atom stereocenters. The van der Waals surface area contributed by atoms with E-state index in [0.717, 1.165) is 4.47 Å². The first-order chi connectivity index (χ1) is 10.8. The highest BCUT2D eigenvalue weighted by atomic mass is 79.9. The summed E-state index contributed by atoms with van der Waals surface area (Å²) in [5, 5.41) is 3.09. The Morgan fingerprint density at radius 1 is 1.17 bits per heavy atom. The van der Waals surface area contributed by atoms with Gasteiger partial charge in [0.25, 0.3) is 0 Å². The number of halogens is 2. The first-order valence-corrected chi connectivity index (χ1v) is 9.28. The summed E-state index contributed by atoms with van der Waals surface area (Å²) in [6, 6.07) is 11.8. The van der Waals surface area contributed by atoms with Gasteiger partial charge in [0.05, 0.1) is 10.9 Å². The Morgan fingerprint density at radius 2 is 1.83 bits per heavy atom. The Labute approximate surface area is 148 Å². The van der Waals surface area contributed by atoms with E-state index < -0.39 is 22.0 Å². The van der Waals surface area contributed by atoms with Crippen molar-refractivity contribution < 1.29 is 13.2 Å². The Morgan fingerprint density at radius 3 is 2.43 bits per heavy atom. The fourth-order valence-electron chi connectivity index (χ4n) is 1.78. The molecule has 2 N–H and O–H groups in total. The molecule has 122 valence electrons. The first-order valence-electron chi connectivity index (χ1n) is 6.62. The predicted molar refractivity (Wildman–Crippen MR) is 94.0 cm³/mol. The summed E-state index contributed by atoms with van der Waals surface area (Å²) in [5.74, 6) is -0.479. The van der Waals surface area contributed by atoms with E-state index >= 15 is 0 Å². The number of amides is 1. The van der Waals surface area contributed by atoms with Gasteiger partial charge < -0.3 is 5.32 Å². The van der Waals surface area contributed by atoms with Crippen molar-refractivity contribution in [1.29, 1.82) is 0 Å². The molecular formula is C15H14BrClN2O3S. The minimum absolute atomic E-state index is 0.0862. The Balaban J connectivity index is 2.06. The molecule has 0 unspecified atom stereocenters. The minimum Gasteiger partial charge on any atom is -0.325 e. The van der Waals surface area contributed by atoms with Gasteiger partial charge >= 0.3 is 0 Å². The van der Waals surface area contributed by atoms with Gasteiger partial charge in [-0.25, -0.2) is 8.42 Å². The fourth-order valence-corrected chi connectivity index (χ4v) is 3.44. The monoisotopic (exact) mass is 416 g/mol. The lowest BCUT2D eigenvalue weighted by Gasteiger charge is -2.14. The molecular weight excluding hydrogens is 404 g/mol. The van der Waals surface area contributed by atoms with Gasteiger partial charge in [-0.2, -0.15) is 4.72 Å². The van der Waals surface area contributed by atoms with Gasteiger partial charge in [0.15, 0.2) is 0 Å². The number of anilines is 1. The Bertz CT molecular complexity index is 810. The van der Waals surface area contributed by atoms with Crippen LogP contribution in [0.25, 0.3) is 0 Å². The van der Waals surface area contributed by atoms with Crippen molar-refractivity contribution in [2.24, 2.45) is 0 Å². The van der Waals surface area contributed by atoms with Crippen molar-refractivity contribution in [1.82, 2.24) is 4.72 Å².